The molecule has 0 saturated heterocycles. The van der Waals surface area contributed by atoms with Gasteiger partial charge in [0.1, 0.15) is 0 Å². The van der Waals surface area contributed by atoms with Gasteiger partial charge in [-0.3, -0.25) is 19.4 Å². The van der Waals surface area contributed by atoms with Crippen molar-refractivity contribution in [2.75, 3.05) is 17.6 Å². The summed E-state index contributed by atoms with van der Waals surface area (Å²) in [5.74, 6) is 4.72. The molecule has 10 nitrogen and oxygen atoms in total. The molecule has 0 saturated carbocycles. The van der Waals surface area contributed by atoms with Crippen LogP contribution in [0.3, 0.4) is 0 Å². The second-order valence-electron chi connectivity index (χ2n) is 9.08. The summed E-state index contributed by atoms with van der Waals surface area (Å²) >= 11 is 0. The number of nitrogens with zero attached hydrogens (tertiary/aromatic N) is 2. The molecular formula is C31H28N4O6S. The van der Waals surface area contributed by atoms with Crippen molar-refractivity contribution in [3.05, 3.63) is 113 Å². The molecule has 0 radical (unpaired) electrons. The molecule has 11 heteroatoms. The summed E-state index contributed by atoms with van der Waals surface area (Å²) in [6, 6.07) is 18.8. The van der Waals surface area contributed by atoms with E-state index >= 15 is 0 Å². The number of carbonyl (C=O) groups is 3. The molecular weight excluding hydrogens is 556 g/mol. The van der Waals surface area contributed by atoms with Gasteiger partial charge >= 0.3 is 5.97 Å². The molecule has 0 bridgehead atoms. The topological polar surface area (TPSA) is 140 Å². The summed E-state index contributed by atoms with van der Waals surface area (Å²) in [4.78, 5) is 45.8. The number of furan rings is 1. The predicted octanol–water partition coefficient (Wildman–Crippen LogP) is 4.76. The van der Waals surface area contributed by atoms with Gasteiger partial charge in [0.2, 0.25) is 0 Å². The Morgan fingerprint density at radius 2 is 1.79 bits per heavy atom. The average molecular weight is 585 g/mol. The lowest BCUT2D eigenvalue weighted by Gasteiger charge is -2.10. The van der Waals surface area contributed by atoms with Crippen LogP contribution in [0.4, 0.5) is 5.69 Å². The molecule has 1 unspecified atom stereocenters. The van der Waals surface area contributed by atoms with Gasteiger partial charge in [-0.25, -0.2) is 4.21 Å². The van der Waals surface area contributed by atoms with E-state index in [0.717, 1.165) is 5.56 Å². The van der Waals surface area contributed by atoms with E-state index < -0.39 is 21.6 Å². The van der Waals surface area contributed by atoms with Crippen molar-refractivity contribution in [2.45, 2.75) is 25.2 Å². The number of hydrogen-bond acceptors (Lipinski definition) is 8. The fourth-order valence-corrected chi connectivity index (χ4v) is 5.69. The Balaban J connectivity index is 1.51. The van der Waals surface area contributed by atoms with Crippen molar-refractivity contribution >= 4 is 33.2 Å². The molecule has 4 rings (SSSR count). The molecule has 1 atom stereocenters. The molecule has 2 N–H and O–H groups in total. The molecule has 2 aromatic carbocycles. The number of hydrogen-bond donors (Lipinski definition) is 2. The predicted molar refractivity (Wildman–Crippen MR) is 157 cm³/mol. The van der Waals surface area contributed by atoms with E-state index in [4.69, 9.17) is 9.25 Å². The highest BCUT2D eigenvalue weighted by Gasteiger charge is 2.17. The lowest BCUT2D eigenvalue weighted by Crippen LogP contribution is -2.21. The fraction of sp³-hybridized carbons (Fsp3) is 0.161. The normalized spacial score (nSPS) is 11.9. The molecule has 0 aliphatic carbocycles. The molecule has 214 valence electrons. The zero-order chi connectivity index (χ0) is 30.0. The molecule has 0 fully saturated rings. The number of anilines is 1. The minimum absolute atomic E-state index is 0.0658. The highest BCUT2D eigenvalue weighted by molar-refractivity contribution is 7.94. The lowest BCUT2D eigenvalue weighted by atomic mass is 10.1. The second kappa shape index (κ2) is 14.0. The van der Waals surface area contributed by atoms with E-state index in [1.807, 2.05) is 0 Å². The van der Waals surface area contributed by atoms with Crippen LogP contribution in [0.1, 0.15) is 50.9 Å². The highest BCUT2D eigenvalue weighted by Crippen LogP contribution is 2.18. The number of rotatable bonds is 9. The minimum atomic E-state index is -3.13. The third kappa shape index (κ3) is 8.23. The third-order valence-corrected chi connectivity index (χ3v) is 8.09. The lowest BCUT2D eigenvalue weighted by molar-refractivity contribution is -0.148. The SMILES string of the molecule is CC(=O)ONCCCS(=O)(=NC(=O)c1cncc(C#Cc2cccc(NC(=O)c3occc3C)c2)c1)c1ccccc1. The van der Waals surface area contributed by atoms with E-state index in [-0.39, 0.29) is 29.5 Å². The molecule has 0 aliphatic heterocycles. The van der Waals surface area contributed by atoms with Gasteiger partial charge < -0.3 is 14.6 Å². The van der Waals surface area contributed by atoms with Gasteiger partial charge in [0.25, 0.3) is 11.8 Å². The summed E-state index contributed by atoms with van der Waals surface area (Å²) in [5, 5.41) is 2.79. The summed E-state index contributed by atoms with van der Waals surface area (Å²) in [7, 11) is -3.13. The second-order valence-corrected chi connectivity index (χ2v) is 11.4. The molecule has 0 aliphatic rings. The Morgan fingerprint density at radius 3 is 2.52 bits per heavy atom. The molecule has 2 aromatic heterocycles. The first-order valence-corrected chi connectivity index (χ1v) is 14.6. The van der Waals surface area contributed by atoms with E-state index in [1.165, 1.54) is 31.6 Å². The fourth-order valence-electron chi connectivity index (χ4n) is 3.77. The van der Waals surface area contributed by atoms with E-state index in [9.17, 15) is 18.6 Å². The van der Waals surface area contributed by atoms with E-state index in [0.29, 0.717) is 28.1 Å². The van der Waals surface area contributed by atoms with Crippen LogP contribution >= 0.6 is 0 Å². The molecule has 42 heavy (non-hydrogen) atoms. The van der Waals surface area contributed by atoms with Crippen molar-refractivity contribution in [1.29, 1.82) is 0 Å². The van der Waals surface area contributed by atoms with Gasteiger partial charge in [0.05, 0.1) is 21.6 Å². The molecule has 2 amide bonds. The maximum absolute atomic E-state index is 13.9. The maximum Gasteiger partial charge on any atom is 0.321 e. The summed E-state index contributed by atoms with van der Waals surface area (Å²) in [5.41, 5.74) is 4.99. The number of aromatic nitrogens is 1. The van der Waals surface area contributed by atoms with Crippen LogP contribution in [-0.2, 0) is 19.4 Å². The quantitative estimate of drug-likeness (QED) is 0.163. The Bertz CT molecular complexity index is 1780. The molecule has 2 heterocycles. The van der Waals surface area contributed by atoms with Crippen LogP contribution in [0.25, 0.3) is 0 Å². The van der Waals surface area contributed by atoms with Crippen molar-refractivity contribution in [3.63, 3.8) is 0 Å². The van der Waals surface area contributed by atoms with Crippen LogP contribution in [0, 0.1) is 18.8 Å². The first kappa shape index (κ1) is 29.9. The van der Waals surface area contributed by atoms with Crippen LogP contribution < -0.4 is 10.8 Å². The first-order chi connectivity index (χ1) is 20.2. The summed E-state index contributed by atoms with van der Waals surface area (Å²) < 4.78 is 23.2. The Labute approximate surface area is 243 Å². The Kier molecular flexibility index (Phi) is 9.99. The number of benzene rings is 2. The monoisotopic (exact) mass is 584 g/mol. The zero-order valence-electron chi connectivity index (χ0n) is 23.0. The van der Waals surface area contributed by atoms with E-state index in [2.05, 4.69) is 32.0 Å². The largest absolute Gasteiger partial charge is 0.459 e. The maximum atomic E-state index is 13.9. The summed E-state index contributed by atoms with van der Waals surface area (Å²) in [6.07, 6.45) is 4.64. The van der Waals surface area contributed by atoms with Crippen LogP contribution in [0.5, 0.6) is 0 Å². The number of hydroxylamine groups is 1. The third-order valence-electron chi connectivity index (χ3n) is 5.78. The van der Waals surface area contributed by atoms with Crippen LogP contribution in [0.15, 0.2) is 99.1 Å². The van der Waals surface area contributed by atoms with Gasteiger partial charge in [-0.1, -0.05) is 36.1 Å². The standard InChI is InChI=1S/C31H28N4O6S/c1-22-14-16-40-29(22)31(38)34-27-9-6-8-24(19-27)12-13-25-18-26(21-32-20-25)30(37)35-42(39,28-10-4-3-5-11-28)17-7-15-33-41-23(2)36/h3-6,8-11,14,16,18-21,33H,7,15,17H2,1-2H3,(H,34,38). The van der Waals surface area contributed by atoms with Crippen LogP contribution in [-0.4, -0.2) is 39.3 Å². The van der Waals surface area contributed by atoms with Gasteiger partial charge in [0.15, 0.2) is 5.76 Å². The number of pyridine rings is 1. The Hall–Kier alpha value is -5.05. The van der Waals surface area contributed by atoms with Gasteiger partial charge in [-0.15, -0.1) is 0 Å². The minimum Gasteiger partial charge on any atom is -0.459 e. The van der Waals surface area contributed by atoms with Gasteiger partial charge in [0, 0.05) is 58.9 Å². The van der Waals surface area contributed by atoms with Crippen molar-refractivity contribution in [1.82, 2.24) is 10.5 Å². The van der Waals surface area contributed by atoms with Gasteiger partial charge in [-0.2, -0.15) is 9.84 Å². The average Bonchev–Trinajstić information content (AvgIpc) is 3.42. The number of amides is 2. The summed E-state index contributed by atoms with van der Waals surface area (Å²) in [6.45, 7) is 3.29. The van der Waals surface area contributed by atoms with Crippen molar-refractivity contribution < 1.29 is 27.8 Å². The highest BCUT2D eigenvalue weighted by atomic mass is 32.2. The van der Waals surface area contributed by atoms with Crippen molar-refractivity contribution in [3.8, 4) is 11.8 Å². The van der Waals surface area contributed by atoms with Gasteiger partial charge in [-0.05, 0) is 55.8 Å². The number of nitrogens with one attached hydrogen (secondary N) is 2. The van der Waals surface area contributed by atoms with E-state index in [1.54, 1.807) is 67.6 Å². The number of aryl methyl sites for hydroxylation is 1. The smallest absolute Gasteiger partial charge is 0.321 e. The zero-order valence-corrected chi connectivity index (χ0v) is 23.8. The first-order valence-electron chi connectivity index (χ1n) is 12.9. The van der Waals surface area contributed by atoms with Crippen LogP contribution in [0.2, 0.25) is 0 Å². The molecule has 4 aromatic rings. The van der Waals surface area contributed by atoms with Crippen molar-refractivity contribution in [2.24, 2.45) is 4.36 Å². The molecule has 0 spiro atoms. The number of carbonyl (C=O) groups excluding carboxylic acids is 3. The Morgan fingerprint density at radius 1 is 1.00 bits per heavy atom.